The lowest BCUT2D eigenvalue weighted by Crippen LogP contribution is -2.18. The summed E-state index contributed by atoms with van der Waals surface area (Å²) in [4.78, 5) is 20.2. The molecule has 0 radical (unpaired) electrons. The first-order chi connectivity index (χ1) is 17.2. The van der Waals surface area contributed by atoms with Gasteiger partial charge in [-0.05, 0) is 60.4 Å². The number of H-pyrrole nitrogens is 1. The molecule has 6 heteroatoms. The molecular weight excluding hydrogens is 440 g/mol. The molecule has 0 fully saturated rings. The first kappa shape index (κ1) is 22.7. The van der Waals surface area contributed by atoms with Crippen LogP contribution in [-0.4, -0.2) is 22.9 Å². The monoisotopic (exact) mass is 468 g/mol. The van der Waals surface area contributed by atoms with E-state index in [4.69, 9.17) is 14.2 Å². The fraction of sp³-hybridized carbons (Fsp3) is 0.241. The first-order valence-electron chi connectivity index (χ1n) is 11.9. The second kappa shape index (κ2) is 10.5. The van der Waals surface area contributed by atoms with E-state index in [-0.39, 0.29) is 11.9 Å². The van der Waals surface area contributed by atoms with Crippen molar-refractivity contribution >= 4 is 5.78 Å². The van der Waals surface area contributed by atoms with E-state index < -0.39 is 0 Å². The highest BCUT2D eigenvalue weighted by Crippen LogP contribution is 2.35. The van der Waals surface area contributed by atoms with Gasteiger partial charge in [0.1, 0.15) is 35.8 Å². The Morgan fingerprint density at radius 3 is 2.51 bits per heavy atom. The lowest BCUT2D eigenvalue weighted by atomic mass is 9.87. The van der Waals surface area contributed by atoms with Crippen LogP contribution in [0.5, 0.6) is 17.2 Å². The van der Waals surface area contributed by atoms with Crippen LogP contribution in [0.1, 0.15) is 51.8 Å². The molecular formula is C29H28N2O4. The highest BCUT2D eigenvalue weighted by atomic mass is 16.5. The number of hydrogen-bond acceptors (Lipinski definition) is 5. The molecule has 1 N–H and O–H groups in total. The third-order valence-electron chi connectivity index (χ3n) is 6.34. The van der Waals surface area contributed by atoms with E-state index >= 15 is 0 Å². The SMILES string of the molecule is COc1ccc(OCc2c(O[C@@H](Cc3ncc[nH]3)c3ccccc3)ccc3c2CCCC3=O)cc1. The first-order valence-corrected chi connectivity index (χ1v) is 11.9. The van der Waals surface area contributed by atoms with E-state index in [9.17, 15) is 4.79 Å². The lowest BCUT2D eigenvalue weighted by molar-refractivity contribution is 0.0971. The van der Waals surface area contributed by atoms with Crippen molar-refractivity contribution in [3.8, 4) is 17.2 Å². The highest BCUT2D eigenvalue weighted by Gasteiger charge is 2.25. The van der Waals surface area contributed by atoms with Crippen LogP contribution in [0.2, 0.25) is 0 Å². The molecule has 0 spiro atoms. The normalized spacial score (nSPS) is 13.7. The van der Waals surface area contributed by atoms with E-state index in [1.165, 1.54) is 0 Å². The molecule has 5 rings (SSSR count). The number of ether oxygens (including phenoxy) is 3. The van der Waals surface area contributed by atoms with Gasteiger partial charge in [-0.3, -0.25) is 4.79 Å². The average Bonchev–Trinajstić information content (AvgIpc) is 3.42. The molecule has 1 heterocycles. The third-order valence-corrected chi connectivity index (χ3v) is 6.34. The van der Waals surface area contributed by atoms with Gasteiger partial charge in [0.25, 0.3) is 0 Å². The van der Waals surface area contributed by atoms with Gasteiger partial charge in [0.15, 0.2) is 5.78 Å². The van der Waals surface area contributed by atoms with E-state index in [0.29, 0.717) is 19.4 Å². The topological polar surface area (TPSA) is 73.4 Å². The quantitative estimate of drug-likeness (QED) is 0.332. The molecule has 4 aromatic rings. The van der Waals surface area contributed by atoms with Crippen LogP contribution >= 0.6 is 0 Å². The fourth-order valence-electron chi connectivity index (χ4n) is 4.51. The largest absolute Gasteiger partial charge is 0.497 e. The van der Waals surface area contributed by atoms with Crippen molar-refractivity contribution in [2.24, 2.45) is 0 Å². The molecule has 0 bridgehead atoms. The number of Topliss-reactive ketones (excluding diaryl/α,β-unsaturated/α-hetero) is 1. The van der Waals surface area contributed by atoms with E-state index in [1.54, 1.807) is 13.3 Å². The minimum Gasteiger partial charge on any atom is -0.497 e. The fourth-order valence-corrected chi connectivity index (χ4v) is 4.51. The zero-order valence-electron chi connectivity index (χ0n) is 19.7. The molecule has 1 aliphatic carbocycles. The van der Waals surface area contributed by atoms with Crippen LogP contribution in [0, 0.1) is 0 Å². The van der Waals surface area contributed by atoms with Crippen molar-refractivity contribution in [2.75, 3.05) is 7.11 Å². The molecule has 178 valence electrons. The van der Waals surface area contributed by atoms with E-state index in [2.05, 4.69) is 22.1 Å². The van der Waals surface area contributed by atoms with Gasteiger partial charge < -0.3 is 19.2 Å². The second-order valence-electron chi connectivity index (χ2n) is 8.57. The van der Waals surface area contributed by atoms with Crippen LogP contribution in [0.25, 0.3) is 0 Å². The summed E-state index contributed by atoms with van der Waals surface area (Å²) in [5.41, 5.74) is 3.78. The number of nitrogens with one attached hydrogen (secondary N) is 1. The maximum absolute atomic E-state index is 12.6. The third kappa shape index (κ3) is 5.22. The zero-order chi connectivity index (χ0) is 24.0. The molecule has 0 amide bonds. The number of rotatable bonds is 9. The molecule has 6 nitrogen and oxygen atoms in total. The maximum atomic E-state index is 12.6. The second-order valence-corrected chi connectivity index (χ2v) is 8.57. The highest BCUT2D eigenvalue weighted by molar-refractivity contribution is 5.99. The van der Waals surface area contributed by atoms with Crippen molar-refractivity contribution in [3.05, 3.63) is 107 Å². The standard InChI is InChI=1S/C29H28N2O4/c1-33-21-10-12-22(13-11-21)34-19-25-23-8-5-9-26(32)24(23)14-15-27(25)35-28(18-29-30-16-17-31-29)20-6-3-2-4-7-20/h2-4,6-7,10-17,28H,5,8-9,18-19H2,1H3,(H,30,31)/t28-/m0/s1. The molecule has 0 saturated carbocycles. The number of methoxy groups -OCH3 is 1. The number of nitrogens with zero attached hydrogens (tertiary/aromatic N) is 1. The van der Waals surface area contributed by atoms with Crippen LogP contribution in [0.3, 0.4) is 0 Å². The predicted molar refractivity (Wildman–Crippen MR) is 133 cm³/mol. The Morgan fingerprint density at radius 1 is 0.971 bits per heavy atom. The Kier molecular flexibility index (Phi) is 6.80. The minimum atomic E-state index is -0.251. The Balaban J connectivity index is 1.48. The van der Waals surface area contributed by atoms with Gasteiger partial charge in [-0.1, -0.05) is 30.3 Å². The molecule has 35 heavy (non-hydrogen) atoms. The zero-order valence-corrected chi connectivity index (χ0v) is 19.7. The number of aromatic nitrogens is 2. The molecule has 0 unspecified atom stereocenters. The molecule has 1 aromatic heterocycles. The van der Waals surface area contributed by atoms with Crippen LogP contribution in [0.4, 0.5) is 0 Å². The van der Waals surface area contributed by atoms with Crippen LogP contribution in [0.15, 0.2) is 79.1 Å². The van der Waals surface area contributed by atoms with E-state index in [0.717, 1.165) is 58.2 Å². The van der Waals surface area contributed by atoms with Gasteiger partial charge in [-0.15, -0.1) is 0 Å². The predicted octanol–water partition coefficient (Wildman–Crippen LogP) is 5.88. The van der Waals surface area contributed by atoms with Gasteiger partial charge in [-0.2, -0.15) is 0 Å². The summed E-state index contributed by atoms with van der Waals surface area (Å²) in [5.74, 6) is 3.26. The summed E-state index contributed by atoms with van der Waals surface area (Å²) in [6.45, 7) is 0.306. The number of benzene rings is 3. The van der Waals surface area contributed by atoms with E-state index in [1.807, 2.05) is 60.8 Å². The summed E-state index contributed by atoms with van der Waals surface area (Å²) < 4.78 is 18.1. The molecule has 3 aromatic carbocycles. The number of carbonyl (C=O) groups excluding carboxylic acids is 1. The van der Waals surface area contributed by atoms with Crippen molar-refractivity contribution in [1.82, 2.24) is 9.97 Å². The molecule has 0 aliphatic heterocycles. The number of ketones is 1. The number of fused-ring (bicyclic) bond motifs is 1. The van der Waals surface area contributed by atoms with Gasteiger partial charge in [0, 0.05) is 36.4 Å². The summed E-state index contributed by atoms with van der Waals surface area (Å²) >= 11 is 0. The van der Waals surface area contributed by atoms with Gasteiger partial charge in [0.05, 0.1) is 7.11 Å². The molecule has 1 atom stereocenters. The number of aromatic amines is 1. The Morgan fingerprint density at radius 2 is 1.77 bits per heavy atom. The van der Waals surface area contributed by atoms with Gasteiger partial charge >= 0.3 is 0 Å². The van der Waals surface area contributed by atoms with Crippen LogP contribution in [-0.2, 0) is 19.4 Å². The van der Waals surface area contributed by atoms with Gasteiger partial charge in [-0.25, -0.2) is 4.98 Å². The number of carbonyl (C=O) groups is 1. The molecule has 0 saturated heterocycles. The number of hydrogen-bond donors (Lipinski definition) is 1. The number of imidazole rings is 1. The molecule has 1 aliphatic rings. The summed E-state index contributed by atoms with van der Waals surface area (Å²) in [5, 5.41) is 0. The summed E-state index contributed by atoms with van der Waals surface area (Å²) in [6.07, 6.45) is 6.14. The van der Waals surface area contributed by atoms with Crippen molar-refractivity contribution in [3.63, 3.8) is 0 Å². The van der Waals surface area contributed by atoms with Crippen molar-refractivity contribution in [2.45, 2.75) is 38.4 Å². The maximum Gasteiger partial charge on any atom is 0.163 e. The van der Waals surface area contributed by atoms with Crippen molar-refractivity contribution < 1.29 is 19.0 Å². The summed E-state index contributed by atoms with van der Waals surface area (Å²) in [7, 11) is 1.64. The average molecular weight is 469 g/mol. The Bertz CT molecular complexity index is 1270. The Hall–Kier alpha value is -4.06. The Labute approximate surface area is 204 Å². The summed E-state index contributed by atoms with van der Waals surface area (Å²) in [6, 6.07) is 21.4. The van der Waals surface area contributed by atoms with Crippen LogP contribution < -0.4 is 14.2 Å². The van der Waals surface area contributed by atoms with Gasteiger partial charge in [0.2, 0.25) is 0 Å². The smallest absolute Gasteiger partial charge is 0.163 e. The van der Waals surface area contributed by atoms with Crippen molar-refractivity contribution in [1.29, 1.82) is 0 Å². The lowest BCUT2D eigenvalue weighted by Gasteiger charge is -2.25. The minimum absolute atomic E-state index is 0.179.